The summed E-state index contributed by atoms with van der Waals surface area (Å²) in [5.41, 5.74) is 3.85. The third-order valence-electron chi connectivity index (χ3n) is 3.40. The Morgan fingerprint density at radius 3 is 2.64 bits per heavy atom. The van der Waals surface area contributed by atoms with Crippen molar-refractivity contribution in [3.63, 3.8) is 0 Å². The molecule has 1 atom stereocenters. The van der Waals surface area contributed by atoms with Gasteiger partial charge in [0.05, 0.1) is 13.3 Å². The zero-order valence-corrected chi connectivity index (χ0v) is 14.9. The molecule has 2 N–H and O–H groups in total. The fraction of sp³-hybridized carbons (Fsp3) is 0.222. The zero-order chi connectivity index (χ0) is 18.4. The van der Waals surface area contributed by atoms with Crippen LogP contribution in [-0.2, 0) is 4.79 Å². The van der Waals surface area contributed by atoms with Crippen LogP contribution in [0, 0.1) is 6.92 Å². The van der Waals surface area contributed by atoms with Gasteiger partial charge in [-0.2, -0.15) is 5.10 Å². The van der Waals surface area contributed by atoms with Gasteiger partial charge in [-0.1, -0.05) is 11.6 Å². The van der Waals surface area contributed by atoms with Gasteiger partial charge in [0, 0.05) is 5.02 Å². The average Bonchev–Trinajstić information content (AvgIpc) is 2.57. The van der Waals surface area contributed by atoms with Crippen LogP contribution in [0.3, 0.4) is 0 Å². The van der Waals surface area contributed by atoms with Gasteiger partial charge in [0.25, 0.3) is 5.91 Å². The van der Waals surface area contributed by atoms with Crippen LogP contribution in [0.25, 0.3) is 0 Å². The quantitative estimate of drug-likeness (QED) is 0.610. The molecule has 6 nitrogen and oxygen atoms in total. The summed E-state index contributed by atoms with van der Waals surface area (Å²) in [7, 11) is 1.47. The van der Waals surface area contributed by atoms with Crippen molar-refractivity contribution in [3.8, 4) is 17.2 Å². The van der Waals surface area contributed by atoms with Crippen LogP contribution >= 0.6 is 11.6 Å². The summed E-state index contributed by atoms with van der Waals surface area (Å²) in [6, 6.07) is 9.95. The van der Waals surface area contributed by atoms with Gasteiger partial charge in [-0.05, 0) is 61.4 Å². The first-order chi connectivity index (χ1) is 11.9. The van der Waals surface area contributed by atoms with Gasteiger partial charge in [0.1, 0.15) is 5.75 Å². The van der Waals surface area contributed by atoms with Gasteiger partial charge >= 0.3 is 0 Å². The molecular formula is C18H19ClN2O4. The lowest BCUT2D eigenvalue weighted by atomic mass is 10.2. The molecule has 1 unspecified atom stereocenters. The van der Waals surface area contributed by atoms with E-state index in [1.807, 2.05) is 6.92 Å². The summed E-state index contributed by atoms with van der Waals surface area (Å²) in [5.74, 6) is 0.536. The van der Waals surface area contributed by atoms with Crippen molar-refractivity contribution in [1.29, 1.82) is 0 Å². The number of hydrazone groups is 1. The summed E-state index contributed by atoms with van der Waals surface area (Å²) in [5, 5.41) is 14.2. The summed E-state index contributed by atoms with van der Waals surface area (Å²) >= 11 is 5.89. The van der Waals surface area contributed by atoms with Crippen LogP contribution in [0.1, 0.15) is 18.1 Å². The monoisotopic (exact) mass is 362 g/mol. The molecule has 0 saturated carbocycles. The number of phenols is 1. The van der Waals surface area contributed by atoms with Gasteiger partial charge < -0.3 is 14.6 Å². The molecule has 0 aliphatic rings. The molecule has 2 rings (SSSR count). The Bertz CT molecular complexity index is 793. The number of carbonyl (C=O) groups excluding carboxylic acids is 1. The third-order valence-corrected chi connectivity index (χ3v) is 3.64. The minimum atomic E-state index is -0.735. The number of benzene rings is 2. The molecule has 7 heteroatoms. The molecule has 0 saturated heterocycles. The molecule has 0 aliphatic heterocycles. The number of carbonyl (C=O) groups is 1. The lowest BCUT2D eigenvalue weighted by molar-refractivity contribution is -0.127. The highest BCUT2D eigenvalue weighted by atomic mass is 35.5. The molecule has 2 aromatic rings. The van der Waals surface area contributed by atoms with Crippen LogP contribution < -0.4 is 14.9 Å². The van der Waals surface area contributed by atoms with Crippen molar-refractivity contribution in [2.45, 2.75) is 20.0 Å². The standard InChI is InChI=1S/C18H19ClN2O4/c1-11-8-14(19)5-7-16(11)25-12(2)18(23)21-20-10-13-4-6-17(24-3)15(22)9-13/h4-10,12,22H,1-3H3,(H,21,23)/b20-10+. The second-order valence-corrected chi connectivity index (χ2v) is 5.77. The predicted molar refractivity (Wildman–Crippen MR) is 96.7 cm³/mol. The molecule has 0 spiro atoms. The number of nitrogens with zero attached hydrogens (tertiary/aromatic N) is 1. The Hall–Kier alpha value is -2.73. The number of halogens is 1. The Morgan fingerprint density at radius 1 is 1.28 bits per heavy atom. The average molecular weight is 363 g/mol. The predicted octanol–water partition coefficient (Wildman–Crippen LogP) is 3.28. The minimum Gasteiger partial charge on any atom is -0.504 e. The second kappa shape index (κ2) is 8.39. The molecule has 0 aliphatic carbocycles. The topological polar surface area (TPSA) is 80.2 Å². The first-order valence-electron chi connectivity index (χ1n) is 7.53. The highest BCUT2D eigenvalue weighted by molar-refractivity contribution is 6.30. The molecule has 132 valence electrons. The van der Waals surface area contributed by atoms with Gasteiger partial charge in [0.15, 0.2) is 17.6 Å². The Balaban J connectivity index is 1.93. The van der Waals surface area contributed by atoms with Crippen molar-refractivity contribution in [2.75, 3.05) is 7.11 Å². The number of rotatable bonds is 6. The highest BCUT2D eigenvalue weighted by Crippen LogP contribution is 2.25. The van der Waals surface area contributed by atoms with E-state index in [9.17, 15) is 9.90 Å². The fourth-order valence-electron chi connectivity index (χ4n) is 2.04. The van der Waals surface area contributed by atoms with Crippen molar-refractivity contribution in [3.05, 3.63) is 52.5 Å². The molecule has 1 amide bonds. The lowest BCUT2D eigenvalue weighted by Gasteiger charge is -2.14. The maximum absolute atomic E-state index is 12.0. The Labute approximate surface area is 151 Å². The number of nitrogens with one attached hydrogen (secondary N) is 1. The zero-order valence-electron chi connectivity index (χ0n) is 14.1. The van der Waals surface area contributed by atoms with E-state index in [0.717, 1.165) is 5.56 Å². The van der Waals surface area contributed by atoms with Crippen LogP contribution in [0.5, 0.6) is 17.2 Å². The van der Waals surface area contributed by atoms with Gasteiger partial charge in [-0.15, -0.1) is 0 Å². The smallest absolute Gasteiger partial charge is 0.280 e. The van der Waals surface area contributed by atoms with Gasteiger partial charge in [-0.3, -0.25) is 4.79 Å². The van der Waals surface area contributed by atoms with Crippen LogP contribution in [0.2, 0.25) is 5.02 Å². The molecule has 0 heterocycles. The Morgan fingerprint density at radius 2 is 2.00 bits per heavy atom. The van der Waals surface area contributed by atoms with Crippen molar-refractivity contribution < 1.29 is 19.4 Å². The van der Waals surface area contributed by atoms with E-state index in [2.05, 4.69) is 10.5 Å². The largest absolute Gasteiger partial charge is 0.504 e. The summed E-state index contributed by atoms with van der Waals surface area (Å²) in [6.07, 6.45) is 0.679. The SMILES string of the molecule is COc1ccc(/C=N/NC(=O)C(C)Oc2ccc(Cl)cc2C)cc1O. The van der Waals surface area contributed by atoms with Gasteiger partial charge in [0.2, 0.25) is 0 Å². The maximum Gasteiger partial charge on any atom is 0.280 e. The van der Waals surface area contributed by atoms with E-state index in [0.29, 0.717) is 22.1 Å². The first-order valence-corrected chi connectivity index (χ1v) is 7.91. The molecule has 0 fully saturated rings. The number of hydrogen-bond donors (Lipinski definition) is 2. The molecule has 0 aromatic heterocycles. The van der Waals surface area contributed by atoms with E-state index in [4.69, 9.17) is 21.1 Å². The number of ether oxygens (including phenoxy) is 2. The minimum absolute atomic E-state index is 0.00677. The third kappa shape index (κ3) is 5.12. The molecular weight excluding hydrogens is 344 g/mol. The second-order valence-electron chi connectivity index (χ2n) is 5.34. The molecule has 0 bridgehead atoms. The van der Waals surface area contributed by atoms with E-state index in [1.54, 1.807) is 37.3 Å². The number of amides is 1. The van der Waals surface area contributed by atoms with Crippen LogP contribution in [0.15, 0.2) is 41.5 Å². The van der Waals surface area contributed by atoms with E-state index >= 15 is 0 Å². The molecule has 0 radical (unpaired) electrons. The van der Waals surface area contributed by atoms with Crippen molar-refractivity contribution in [2.24, 2.45) is 5.10 Å². The summed E-state index contributed by atoms with van der Waals surface area (Å²) in [6.45, 7) is 3.47. The Kier molecular flexibility index (Phi) is 6.25. The number of aryl methyl sites for hydroxylation is 1. The lowest BCUT2D eigenvalue weighted by Crippen LogP contribution is -2.33. The van der Waals surface area contributed by atoms with E-state index in [-0.39, 0.29) is 5.75 Å². The van der Waals surface area contributed by atoms with Crippen LogP contribution in [-0.4, -0.2) is 30.4 Å². The van der Waals surface area contributed by atoms with E-state index < -0.39 is 12.0 Å². The first kappa shape index (κ1) is 18.6. The van der Waals surface area contributed by atoms with E-state index in [1.165, 1.54) is 19.4 Å². The van der Waals surface area contributed by atoms with Crippen molar-refractivity contribution in [1.82, 2.24) is 5.43 Å². The number of hydrogen-bond acceptors (Lipinski definition) is 5. The molecule has 25 heavy (non-hydrogen) atoms. The molecule has 2 aromatic carbocycles. The van der Waals surface area contributed by atoms with Crippen LogP contribution in [0.4, 0.5) is 0 Å². The summed E-state index contributed by atoms with van der Waals surface area (Å²) < 4.78 is 10.6. The number of phenolic OH excluding ortho intramolecular Hbond substituents is 1. The number of aromatic hydroxyl groups is 1. The number of methoxy groups -OCH3 is 1. The van der Waals surface area contributed by atoms with Gasteiger partial charge in [-0.25, -0.2) is 5.43 Å². The van der Waals surface area contributed by atoms with Crippen molar-refractivity contribution >= 4 is 23.7 Å². The maximum atomic E-state index is 12.0. The normalized spacial score (nSPS) is 12.0. The fourth-order valence-corrected chi connectivity index (χ4v) is 2.26. The summed E-state index contributed by atoms with van der Waals surface area (Å²) in [4.78, 5) is 12.0. The highest BCUT2D eigenvalue weighted by Gasteiger charge is 2.15.